The van der Waals surface area contributed by atoms with Gasteiger partial charge in [-0.25, -0.2) is 0 Å². The number of unbranched alkanes of at least 4 members (excludes halogenated alkanes) is 3. The molecule has 2 rings (SSSR count). The molecule has 0 atom stereocenters. The Morgan fingerprint density at radius 1 is 0.759 bits per heavy atom. The van der Waals surface area contributed by atoms with Gasteiger partial charge in [0.05, 0.1) is 0 Å². The number of aryl methyl sites for hydroxylation is 1. The third-order valence-electron chi connectivity index (χ3n) is 5.71. The second-order valence-electron chi connectivity index (χ2n) is 8.10. The minimum absolute atomic E-state index is 0.313. The normalized spacial score (nSPS) is 11.2. The quantitative estimate of drug-likeness (QED) is 0.392. The summed E-state index contributed by atoms with van der Waals surface area (Å²) in [6.45, 7) is 10.9. The monoisotopic (exact) mass is 414 g/mol. The molecule has 0 unspecified atom stereocenters. The highest BCUT2D eigenvalue weighted by Gasteiger charge is 2.22. The number of benzene rings is 2. The number of phenolic OH excluding ortho intramolecular Hbond substituents is 2. The Hall–Kier alpha value is -1.61. The highest BCUT2D eigenvalue weighted by Crippen LogP contribution is 2.44. The lowest BCUT2D eigenvalue weighted by Crippen LogP contribution is -2.05. The lowest BCUT2D eigenvalue weighted by atomic mass is 9.89. The first-order chi connectivity index (χ1) is 13.9. The fraction of sp³-hybridized carbons (Fsp3) is 0.538. The zero-order chi connectivity index (χ0) is 21.4. The summed E-state index contributed by atoms with van der Waals surface area (Å²) in [4.78, 5) is 2.50. The molecule has 0 spiro atoms. The van der Waals surface area contributed by atoms with Crippen LogP contribution in [-0.4, -0.2) is 10.2 Å². The molecule has 0 saturated carbocycles. The molecule has 0 amide bonds. The number of aromatic hydroxyl groups is 2. The van der Waals surface area contributed by atoms with E-state index in [-0.39, 0.29) is 0 Å². The Morgan fingerprint density at radius 2 is 1.31 bits per heavy atom. The van der Waals surface area contributed by atoms with Gasteiger partial charge in [0.1, 0.15) is 11.5 Å². The van der Waals surface area contributed by atoms with Crippen molar-refractivity contribution in [2.45, 2.75) is 102 Å². The van der Waals surface area contributed by atoms with Gasteiger partial charge in [0.15, 0.2) is 0 Å². The lowest BCUT2D eigenvalue weighted by Gasteiger charge is -2.23. The maximum absolute atomic E-state index is 11.2. The van der Waals surface area contributed by atoms with Gasteiger partial charge in [0, 0.05) is 9.79 Å². The van der Waals surface area contributed by atoms with Gasteiger partial charge in [-0.05, 0) is 98.4 Å². The summed E-state index contributed by atoms with van der Waals surface area (Å²) in [5.74, 6) is 0.870. The van der Waals surface area contributed by atoms with Crippen LogP contribution in [0.5, 0.6) is 11.5 Å². The number of phenols is 2. The summed E-state index contributed by atoms with van der Waals surface area (Å²) in [7, 11) is 0. The predicted molar refractivity (Wildman–Crippen MR) is 126 cm³/mol. The summed E-state index contributed by atoms with van der Waals surface area (Å²) in [6.07, 6.45) is 9.62. The molecule has 0 bridgehead atoms. The van der Waals surface area contributed by atoms with Gasteiger partial charge in [0.25, 0.3) is 0 Å². The molecule has 2 aromatic rings. The van der Waals surface area contributed by atoms with Gasteiger partial charge in [-0.2, -0.15) is 0 Å². The predicted octanol–water partition coefficient (Wildman–Crippen LogP) is 7.89. The van der Waals surface area contributed by atoms with E-state index in [1.54, 1.807) is 6.07 Å². The van der Waals surface area contributed by atoms with Crippen molar-refractivity contribution in [3.63, 3.8) is 0 Å². The molecule has 29 heavy (non-hydrogen) atoms. The second kappa shape index (κ2) is 11.5. The molecule has 0 aliphatic heterocycles. The molecule has 0 saturated heterocycles. The van der Waals surface area contributed by atoms with E-state index >= 15 is 0 Å². The fourth-order valence-electron chi connectivity index (χ4n) is 3.90. The molecule has 3 heteroatoms. The Bertz CT molecular complexity index is 811. The fourth-order valence-corrected chi connectivity index (χ4v) is 5.10. The molecule has 0 aliphatic carbocycles. The van der Waals surface area contributed by atoms with E-state index in [0.717, 1.165) is 68.9 Å². The van der Waals surface area contributed by atoms with E-state index < -0.39 is 0 Å². The Kier molecular flexibility index (Phi) is 9.42. The summed E-state index contributed by atoms with van der Waals surface area (Å²) in [5.41, 5.74) is 5.98. The minimum atomic E-state index is 0.313. The highest BCUT2D eigenvalue weighted by atomic mass is 32.2. The molecule has 0 radical (unpaired) electrons. The molecular formula is C26H38O2S. The van der Waals surface area contributed by atoms with Gasteiger partial charge in [-0.3, -0.25) is 0 Å². The summed E-state index contributed by atoms with van der Waals surface area (Å²) in [5, 5.41) is 21.0. The third kappa shape index (κ3) is 5.94. The van der Waals surface area contributed by atoms with Crippen molar-refractivity contribution in [1.82, 2.24) is 0 Å². The van der Waals surface area contributed by atoms with Gasteiger partial charge in [0.2, 0.25) is 0 Å². The van der Waals surface area contributed by atoms with E-state index in [9.17, 15) is 10.2 Å². The first-order valence-corrected chi connectivity index (χ1v) is 12.1. The smallest absolute Gasteiger partial charge is 0.122 e. The zero-order valence-corrected chi connectivity index (χ0v) is 19.7. The number of rotatable bonds is 11. The summed E-state index contributed by atoms with van der Waals surface area (Å²) < 4.78 is 0. The van der Waals surface area contributed by atoms with Crippen molar-refractivity contribution in [3.8, 4) is 11.5 Å². The molecular weight excluding hydrogens is 376 g/mol. The third-order valence-corrected chi connectivity index (χ3v) is 7.15. The summed E-state index contributed by atoms with van der Waals surface area (Å²) >= 11 is 1.81. The van der Waals surface area contributed by atoms with Crippen LogP contribution in [0.4, 0.5) is 0 Å². The molecule has 0 fully saturated rings. The SMILES string of the molecule is CCCCc1c(C)c(Sc2ccc(O)cc2C)c(CCCC)c(CCCC)c1O. The molecule has 0 aromatic heterocycles. The second-order valence-corrected chi connectivity index (χ2v) is 9.15. The maximum Gasteiger partial charge on any atom is 0.122 e. The van der Waals surface area contributed by atoms with Crippen LogP contribution in [0.2, 0.25) is 0 Å². The standard InChI is InChI=1S/C26H38O2S/c1-6-9-12-21-19(5)26(29-24-16-15-20(27)17-18(24)4)23(14-11-8-3)22(25(21)28)13-10-7-2/h15-17,27-28H,6-14H2,1-5H3. The number of hydrogen-bond donors (Lipinski definition) is 2. The molecule has 160 valence electrons. The molecule has 2 N–H and O–H groups in total. The van der Waals surface area contributed by atoms with Crippen LogP contribution in [-0.2, 0) is 19.3 Å². The van der Waals surface area contributed by atoms with Crippen LogP contribution >= 0.6 is 11.8 Å². The van der Waals surface area contributed by atoms with Gasteiger partial charge < -0.3 is 10.2 Å². The van der Waals surface area contributed by atoms with Crippen LogP contribution < -0.4 is 0 Å². The first-order valence-electron chi connectivity index (χ1n) is 11.3. The van der Waals surface area contributed by atoms with Crippen LogP contribution in [0, 0.1) is 13.8 Å². The van der Waals surface area contributed by atoms with Gasteiger partial charge in [-0.1, -0.05) is 51.8 Å². The minimum Gasteiger partial charge on any atom is -0.508 e. The average Bonchev–Trinajstić information content (AvgIpc) is 2.69. The Morgan fingerprint density at radius 3 is 1.86 bits per heavy atom. The van der Waals surface area contributed by atoms with Crippen LogP contribution in [0.3, 0.4) is 0 Å². The van der Waals surface area contributed by atoms with E-state index in [1.807, 2.05) is 23.9 Å². The van der Waals surface area contributed by atoms with Gasteiger partial charge >= 0.3 is 0 Å². The van der Waals surface area contributed by atoms with E-state index in [4.69, 9.17) is 0 Å². The largest absolute Gasteiger partial charge is 0.508 e. The van der Waals surface area contributed by atoms with E-state index in [0.29, 0.717) is 11.5 Å². The average molecular weight is 415 g/mol. The topological polar surface area (TPSA) is 40.5 Å². The molecule has 0 heterocycles. The van der Waals surface area contributed by atoms with Gasteiger partial charge in [-0.15, -0.1) is 0 Å². The first kappa shape index (κ1) is 23.7. The number of hydrogen-bond acceptors (Lipinski definition) is 3. The van der Waals surface area contributed by atoms with Crippen molar-refractivity contribution >= 4 is 11.8 Å². The Labute approximate surface area is 181 Å². The van der Waals surface area contributed by atoms with Crippen molar-refractivity contribution in [3.05, 3.63) is 46.0 Å². The highest BCUT2D eigenvalue weighted by molar-refractivity contribution is 7.99. The zero-order valence-electron chi connectivity index (χ0n) is 18.9. The molecule has 2 aromatic carbocycles. The molecule has 2 nitrogen and oxygen atoms in total. The van der Waals surface area contributed by atoms with E-state index in [1.165, 1.54) is 26.5 Å². The van der Waals surface area contributed by atoms with Crippen LogP contribution in [0.15, 0.2) is 28.0 Å². The maximum atomic E-state index is 11.2. The van der Waals surface area contributed by atoms with Crippen molar-refractivity contribution in [1.29, 1.82) is 0 Å². The van der Waals surface area contributed by atoms with Crippen molar-refractivity contribution in [2.75, 3.05) is 0 Å². The molecule has 0 aliphatic rings. The van der Waals surface area contributed by atoms with Crippen LogP contribution in [0.1, 0.15) is 87.1 Å². The van der Waals surface area contributed by atoms with Crippen molar-refractivity contribution < 1.29 is 10.2 Å². The summed E-state index contributed by atoms with van der Waals surface area (Å²) in [6, 6.07) is 5.62. The van der Waals surface area contributed by atoms with E-state index in [2.05, 4.69) is 34.6 Å². The Balaban J connectivity index is 2.64. The lowest BCUT2D eigenvalue weighted by molar-refractivity contribution is 0.455. The van der Waals surface area contributed by atoms with Crippen LogP contribution in [0.25, 0.3) is 0 Å². The van der Waals surface area contributed by atoms with Crippen molar-refractivity contribution in [2.24, 2.45) is 0 Å².